The van der Waals surface area contributed by atoms with Gasteiger partial charge in [-0.05, 0) is 56.4 Å². The van der Waals surface area contributed by atoms with Gasteiger partial charge >= 0.3 is 6.09 Å². The average molecular weight is 404 g/mol. The first-order valence-corrected chi connectivity index (χ1v) is 10.1. The van der Waals surface area contributed by atoms with Crippen molar-refractivity contribution in [2.75, 3.05) is 5.32 Å². The highest BCUT2D eigenvalue weighted by atomic mass is 19.3. The molecule has 0 bridgehead atoms. The first-order chi connectivity index (χ1) is 13.8. The summed E-state index contributed by atoms with van der Waals surface area (Å²) >= 11 is 0. The molecular weight excluding hydrogens is 378 g/mol. The van der Waals surface area contributed by atoms with E-state index in [1.807, 2.05) is 19.9 Å². The number of nitrogens with one attached hydrogen (secondary N) is 3. The van der Waals surface area contributed by atoms with Crippen LogP contribution in [0.25, 0.3) is 0 Å². The molecule has 156 valence electrons. The smallest absolute Gasteiger partial charge is 0.407 e. The van der Waals surface area contributed by atoms with Crippen LogP contribution < -0.4 is 10.6 Å². The van der Waals surface area contributed by atoms with E-state index in [1.54, 1.807) is 18.2 Å². The minimum atomic E-state index is -2.65. The van der Waals surface area contributed by atoms with Gasteiger partial charge in [0, 0.05) is 42.2 Å². The van der Waals surface area contributed by atoms with E-state index in [-0.39, 0.29) is 37.0 Å². The van der Waals surface area contributed by atoms with Gasteiger partial charge in [-0.2, -0.15) is 5.10 Å². The van der Waals surface area contributed by atoms with Gasteiger partial charge in [0.15, 0.2) is 5.82 Å². The lowest BCUT2D eigenvalue weighted by Crippen LogP contribution is -2.33. The number of rotatable bonds is 5. The second-order valence-electron chi connectivity index (χ2n) is 8.36. The first-order valence-electron chi connectivity index (χ1n) is 10.1. The number of alkyl halides is 2. The van der Waals surface area contributed by atoms with Crippen molar-refractivity contribution in [2.24, 2.45) is 0 Å². The second kappa shape index (κ2) is 7.65. The summed E-state index contributed by atoms with van der Waals surface area (Å²) in [4.78, 5) is 11.8. The molecule has 1 aromatic carbocycles. The lowest BCUT2D eigenvalue weighted by Gasteiger charge is -2.14. The Morgan fingerprint density at radius 1 is 1.24 bits per heavy atom. The summed E-state index contributed by atoms with van der Waals surface area (Å²) < 4.78 is 32.6. The van der Waals surface area contributed by atoms with Crippen LogP contribution in [0.2, 0.25) is 0 Å². The summed E-state index contributed by atoms with van der Waals surface area (Å²) in [6, 6.07) is 7.32. The Balaban J connectivity index is 1.34. The number of alkyl carbamates (subject to hydrolysis) is 1. The molecule has 0 saturated heterocycles. The minimum absolute atomic E-state index is 0.0476. The van der Waals surface area contributed by atoms with Gasteiger partial charge in [0.05, 0.1) is 0 Å². The molecule has 1 amide bonds. The number of hydrogen-bond acceptors (Lipinski definition) is 4. The maximum absolute atomic E-state index is 13.6. The fourth-order valence-electron chi connectivity index (χ4n) is 4.17. The zero-order chi connectivity index (χ0) is 20.6. The Morgan fingerprint density at radius 3 is 2.83 bits per heavy atom. The highest BCUT2D eigenvalue weighted by molar-refractivity contribution is 5.67. The molecule has 0 radical (unpaired) electrons. The van der Waals surface area contributed by atoms with Crippen LogP contribution in [0.3, 0.4) is 0 Å². The maximum Gasteiger partial charge on any atom is 0.407 e. The highest BCUT2D eigenvalue weighted by Crippen LogP contribution is 2.37. The van der Waals surface area contributed by atoms with E-state index < -0.39 is 5.92 Å². The first kappa shape index (κ1) is 19.7. The molecule has 0 spiro atoms. The van der Waals surface area contributed by atoms with Gasteiger partial charge in [0.25, 0.3) is 5.92 Å². The van der Waals surface area contributed by atoms with E-state index >= 15 is 0 Å². The number of nitrogens with zero attached hydrogens (tertiary/aromatic N) is 1. The molecular formula is C21H26F2N4O2. The Morgan fingerprint density at radius 2 is 2.03 bits per heavy atom. The SMILES string of the molecule is CC(C)NC(=O)O[C@@H]1CC[C@H](c2cc(Nc3ccc4c(c3)CC(F)(F)C4)n[nH]2)C1. The molecule has 0 aliphatic heterocycles. The fourth-order valence-corrected chi connectivity index (χ4v) is 4.17. The number of anilines is 2. The molecule has 1 saturated carbocycles. The van der Waals surface area contributed by atoms with Crippen LogP contribution in [0.5, 0.6) is 0 Å². The summed E-state index contributed by atoms with van der Waals surface area (Å²) in [6.45, 7) is 3.79. The van der Waals surface area contributed by atoms with Crippen molar-refractivity contribution in [1.29, 1.82) is 0 Å². The zero-order valence-electron chi connectivity index (χ0n) is 16.6. The van der Waals surface area contributed by atoms with Crippen LogP contribution in [0.1, 0.15) is 55.8 Å². The van der Waals surface area contributed by atoms with Crippen molar-refractivity contribution in [3.8, 4) is 0 Å². The second-order valence-corrected chi connectivity index (χ2v) is 8.36. The lowest BCUT2D eigenvalue weighted by molar-refractivity contribution is 0.0130. The predicted molar refractivity (Wildman–Crippen MR) is 106 cm³/mol. The summed E-state index contributed by atoms with van der Waals surface area (Å²) in [5.74, 6) is -1.76. The normalized spacial score (nSPS) is 22.5. The predicted octanol–water partition coefficient (Wildman–Crippen LogP) is 4.66. The van der Waals surface area contributed by atoms with Crippen molar-refractivity contribution in [2.45, 2.75) is 69.9 Å². The molecule has 0 unspecified atom stereocenters. The van der Waals surface area contributed by atoms with Crippen molar-refractivity contribution < 1.29 is 18.3 Å². The van der Waals surface area contributed by atoms with Crippen molar-refractivity contribution in [3.05, 3.63) is 41.1 Å². The fraction of sp³-hybridized carbons (Fsp3) is 0.524. The molecule has 4 rings (SSSR count). The Kier molecular flexibility index (Phi) is 5.19. The molecule has 6 nitrogen and oxygen atoms in total. The van der Waals surface area contributed by atoms with E-state index in [9.17, 15) is 13.6 Å². The number of carbonyl (C=O) groups excluding carboxylic acids is 1. The topological polar surface area (TPSA) is 79.0 Å². The van der Waals surface area contributed by atoms with E-state index in [2.05, 4.69) is 20.8 Å². The minimum Gasteiger partial charge on any atom is -0.446 e. The molecule has 2 aliphatic carbocycles. The third kappa shape index (κ3) is 4.68. The van der Waals surface area contributed by atoms with Gasteiger partial charge in [0.1, 0.15) is 6.10 Å². The number of hydrogen-bond donors (Lipinski definition) is 3. The summed E-state index contributed by atoms with van der Waals surface area (Å²) in [7, 11) is 0. The lowest BCUT2D eigenvalue weighted by atomic mass is 10.0. The van der Waals surface area contributed by atoms with E-state index in [4.69, 9.17) is 4.74 Å². The van der Waals surface area contributed by atoms with E-state index in [0.717, 1.165) is 30.6 Å². The van der Waals surface area contributed by atoms with Gasteiger partial charge in [-0.25, -0.2) is 13.6 Å². The Labute approximate surface area is 168 Å². The van der Waals surface area contributed by atoms with Crippen molar-refractivity contribution >= 4 is 17.6 Å². The monoisotopic (exact) mass is 404 g/mol. The zero-order valence-corrected chi connectivity index (χ0v) is 16.6. The number of amides is 1. The van der Waals surface area contributed by atoms with Crippen LogP contribution in [-0.4, -0.2) is 34.4 Å². The molecule has 8 heteroatoms. The third-order valence-corrected chi connectivity index (χ3v) is 5.48. The number of aromatic nitrogens is 2. The van der Waals surface area contributed by atoms with Crippen LogP contribution in [0, 0.1) is 0 Å². The van der Waals surface area contributed by atoms with E-state index in [1.165, 1.54) is 0 Å². The maximum atomic E-state index is 13.6. The van der Waals surface area contributed by atoms with Crippen LogP contribution >= 0.6 is 0 Å². The van der Waals surface area contributed by atoms with Gasteiger partial charge in [-0.3, -0.25) is 5.10 Å². The van der Waals surface area contributed by atoms with Crippen LogP contribution in [0.4, 0.5) is 25.1 Å². The van der Waals surface area contributed by atoms with Crippen molar-refractivity contribution in [1.82, 2.24) is 15.5 Å². The molecule has 29 heavy (non-hydrogen) atoms. The number of ether oxygens (including phenoxy) is 1. The van der Waals surface area contributed by atoms with Crippen molar-refractivity contribution in [3.63, 3.8) is 0 Å². The number of fused-ring (bicyclic) bond motifs is 1. The Bertz CT molecular complexity index is 897. The van der Waals surface area contributed by atoms with Gasteiger partial charge in [-0.15, -0.1) is 0 Å². The number of aromatic amines is 1. The summed E-state index contributed by atoms with van der Waals surface area (Å²) in [5.41, 5.74) is 3.13. The molecule has 2 aliphatic rings. The van der Waals surface area contributed by atoms with E-state index in [0.29, 0.717) is 16.9 Å². The standard InChI is InChI=1S/C21H26F2N4O2/c1-12(2)24-20(28)29-17-6-4-13(8-17)18-9-19(27-26-18)25-16-5-3-14-10-21(22,23)11-15(14)7-16/h3,5,7,9,12-13,17H,4,6,8,10-11H2,1-2H3,(H,24,28)(H2,25,26,27)/t13-,17+/m0/s1. The number of carbonyl (C=O) groups is 1. The molecule has 1 aromatic heterocycles. The number of benzene rings is 1. The number of halogens is 2. The molecule has 3 N–H and O–H groups in total. The van der Waals surface area contributed by atoms with Crippen LogP contribution in [-0.2, 0) is 17.6 Å². The van der Waals surface area contributed by atoms with Gasteiger partial charge in [-0.1, -0.05) is 6.07 Å². The highest BCUT2D eigenvalue weighted by Gasteiger charge is 2.37. The summed E-state index contributed by atoms with van der Waals surface area (Å²) in [6.07, 6.45) is 1.61. The quantitative estimate of drug-likeness (QED) is 0.677. The number of H-pyrrole nitrogens is 1. The summed E-state index contributed by atoms with van der Waals surface area (Å²) in [5, 5.41) is 13.3. The van der Waals surface area contributed by atoms with Gasteiger partial charge in [0.2, 0.25) is 0 Å². The average Bonchev–Trinajstić information content (AvgIpc) is 3.31. The Hall–Kier alpha value is -2.64. The van der Waals surface area contributed by atoms with Crippen LogP contribution in [0.15, 0.2) is 24.3 Å². The largest absolute Gasteiger partial charge is 0.446 e. The molecule has 1 fully saturated rings. The third-order valence-electron chi connectivity index (χ3n) is 5.48. The van der Waals surface area contributed by atoms with Gasteiger partial charge < -0.3 is 15.4 Å². The molecule has 2 aromatic rings. The molecule has 2 atom stereocenters. The molecule has 1 heterocycles.